The van der Waals surface area contributed by atoms with Gasteiger partial charge in [0.2, 0.25) is 0 Å². The van der Waals surface area contributed by atoms with E-state index in [-0.39, 0.29) is 0 Å². The largest absolute Gasteiger partial charge is 0.269 e. The SMILES string of the molecule is Clc1cc2nnc(C3C4CC5CC(C4)CC3C5)n2cn1. The minimum Gasteiger partial charge on any atom is -0.269 e. The van der Waals surface area contributed by atoms with Crippen LogP contribution in [0.15, 0.2) is 12.4 Å². The van der Waals surface area contributed by atoms with Gasteiger partial charge in [-0.05, 0) is 55.8 Å². The minimum atomic E-state index is 0.488. The molecule has 4 saturated carbocycles. The van der Waals surface area contributed by atoms with Crippen molar-refractivity contribution < 1.29 is 0 Å². The first-order chi connectivity index (χ1) is 9.78. The van der Waals surface area contributed by atoms with Crippen LogP contribution in [0.2, 0.25) is 5.15 Å². The zero-order valence-corrected chi connectivity index (χ0v) is 12.0. The van der Waals surface area contributed by atoms with Gasteiger partial charge in [0, 0.05) is 12.0 Å². The molecule has 0 radical (unpaired) electrons. The van der Waals surface area contributed by atoms with E-state index in [4.69, 9.17) is 11.6 Å². The summed E-state index contributed by atoms with van der Waals surface area (Å²) in [5.41, 5.74) is 0.828. The summed E-state index contributed by atoms with van der Waals surface area (Å²) in [5, 5.41) is 9.29. The number of hydrogen-bond donors (Lipinski definition) is 0. The van der Waals surface area contributed by atoms with E-state index < -0.39 is 0 Å². The van der Waals surface area contributed by atoms with Gasteiger partial charge in [0.15, 0.2) is 5.65 Å². The molecule has 0 spiro atoms. The maximum Gasteiger partial charge on any atom is 0.165 e. The van der Waals surface area contributed by atoms with Crippen molar-refractivity contribution in [3.8, 4) is 0 Å². The topological polar surface area (TPSA) is 43.1 Å². The van der Waals surface area contributed by atoms with Gasteiger partial charge in [-0.25, -0.2) is 4.98 Å². The third kappa shape index (κ3) is 1.51. The fourth-order valence-electron chi connectivity index (χ4n) is 5.36. The highest BCUT2D eigenvalue weighted by atomic mass is 35.5. The fourth-order valence-corrected chi connectivity index (χ4v) is 5.50. The molecule has 0 unspecified atom stereocenters. The lowest BCUT2D eigenvalue weighted by molar-refractivity contribution is -0.00599. The average molecular weight is 289 g/mol. The molecule has 4 bridgehead atoms. The number of aromatic nitrogens is 4. The number of nitrogens with zero attached hydrogens (tertiary/aromatic N) is 4. The molecule has 20 heavy (non-hydrogen) atoms. The summed E-state index contributed by atoms with van der Waals surface area (Å²) in [4.78, 5) is 4.20. The molecule has 0 aliphatic heterocycles. The van der Waals surface area contributed by atoms with Gasteiger partial charge < -0.3 is 0 Å². The van der Waals surface area contributed by atoms with Crippen molar-refractivity contribution in [2.24, 2.45) is 23.7 Å². The van der Waals surface area contributed by atoms with Crippen molar-refractivity contribution in [1.82, 2.24) is 19.6 Å². The van der Waals surface area contributed by atoms with Crippen molar-refractivity contribution >= 4 is 17.2 Å². The van der Waals surface area contributed by atoms with Crippen LogP contribution in [-0.4, -0.2) is 19.6 Å². The van der Waals surface area contributed by atoms with Crippen LogP contribution in [0.5, 0.6) is 0 Å². The monoisotopic (exact) mass is 288 g/mol. The van der Waals surface area contributed by atoms with Gasteiger partial charge in [-0.1, -0.05) is 11.6 Å². The summed E-state index contributed by atoms with van der Waals surface area (Å²) in [6, 6.07) is 1.80. The Labute approximate surface area is 122 Å². The van der Waals surface area contributed by atoms with E-state index in [0.717, 1.165) is 35.1 Å². The molecule has 6 rings (SSSR count). The van der Waals surface area contributed by atoms with E-state index in [2.05, 4.69) is 19.6 Å². The van der Waals surface area contributed by atoms with Crippen LogP contribution >= 0.6 is 11.6 Å². The van der Waals surface area contributed by atoms with Crippen LogP contribution in [0, 0.1) is 23.7 Å². The third-order valence-corrected chi connectivity index (χ3v) is 6.02. The lowest BCUT2D eigenvalue weighted by Gasteiger charge is -2.53. The second-order valence-electron chi connectivity index (χ2n) is 6.95. The lowest BCUT2D eigenvalue weighted by atomic mass is 9.51. The molecule has 2 aromatic heterocycles. The minimum absolute atomic E-state index is 0.488. The summed E-state index contributed by atoms with van der Waals surface area (Å²) in [6.07, 6.45) is 8.86. The zero-order chi connectivity index (χ0) is 13.3. The van der Waals surface area contributed by atoms with E-state index in [9.17, 15) is 0 Å². The summed E-state index contributed by atoms with van der Waals surface area (Å²) in [5.74, 6) is 5.31. The van der Waals surface area contributed by atoms with Crippen molar-refractivity contribution in [3.63, 3.8) is 0 Å². The van der Waals surface area contributed by atoms with Crippen molar-refractivity contribution in [2.45, 2.75) is 38.0 Å². The maximum absolute atomic E-state index is 5.94. The second kappa shape index (κ2) is 3.94. The van der Waals surface area contributed by atoms with Crippen LogP contribution in [0.4, 0.5) is 0 Å². The molecule has 4 aliphatic carbocycles. The van der Waals surface area contributed by atoms with Gasteiger partial charge in [0.25, 0.3) is 0 Å². The Morgan fingerprint density at radius 3 is 2.40 bits per heavy atom. The van der Waals surface area contributed by atoms with Gasteiger partial charge in [0.1, 0.15) is 17.3 Å². The zero-order valence-electron chi connectivity index (χ0n) is 11.2. The van der Waals surface area contributed by atoms with E-state index in [1.165, 1.54) is 32.1 Å². The smallest absolute Gasteiger partial charge is 0.165 e. The predicted molar refractivity (Wildman–Crippen MR) is 75.6 cm³/mol. The number of hydrogen-bond acceptors (Lipinski definition) is 3. The maximum atomic E-state index is 5.94. The Kier molecular flexibility index (Phi) is 2.26. The Morgan fingerprint density at radius 1 is 1.00 bits per heavy atom. The molecule has 2 heterocycles. The Hall–Kier alpha value is -1.16. The van der Waals surface area contributed by atoms with E-state index in [1.54, 1.807) is 12.4 Å². The third-order valence-electron chi connectivity index (χ3n) is 5.82. The normalized spacial score (nSPS) is 38.8. The molecular weight excluding hydrogens is 272 g/mol. The summed E-state index contributed by atoms with van der Waals surface area (Å²) < 4.78 is 2.05. The van der Waals surface area contributed by atoms with Gasteiger partial charge in [0.05, 0.1) is 0 Å². The first-order valence-corrected chi connectivity index (χ1v) is 8.02. The lowest BCUT2D eigenvalue weighted by Crippen LogP contribution is -2.44. The molecule has 2 aromatic rings. The fraction of sp³-hybridized carbons (Fsp3) is 0.667. The number of halogens is 1. The van der Waals surface area contributed by atoms with Gasteiger partial charge in [-0.3, -0.25) is 4.40 Å². The summed E-state index contributed by atoms with van der Waals surface area (Å²) >= 11 is 5.94. The van der Waals surface area contributed by atoms with E-state index >= 15 is 0 Å². The molecule has 0 atom stereocenters. The van der Waals surface area contributed by atoms with Crippen molar-refractivity contribution in [2.75, 3.05) is 0 Å². The Balaban J connectivity index is 1.61. The van der Waals surface area contributed by atoms with Gasteiger partial charge in [-0.15, -0.1) is 10.2 Å². The number of rotatable bonds is 1. The quantitative estimate of drug-likeness (QED) is 0.756. The van der Waals surface area contributed by atoms with Crippen LogP contribution in [0.1, 0.15) is 43.8 Å². The van der Waals surface area contributed by atoms with E-state index in [0.29, 0.717) is 11.1 Å². The molecule has 5 heteroatoms. The van der Waals surface area contributed by atoms with Crippen LogP contribution in [0.25, 0.3) is 5.65 Å². The molecule has 0 amide bonds. The van der Waals surface area contributed by atoms with Crippen LogP contribution in [0.3, 0.4) is 0 Å². The van der Waals surface area contributed by atoms with Gasteiger partial charge >= 0.3 is 0 Å². The molecule has 104 valence electrons. The first-order valence-electron chi connectivity index (χ1n) is 7.64. The molecule has 4 aliphatic rings. The van der Waals surface area contributed by atoms with E-state index in [1.807, 2.05) is 0 Å². The molecule has 0 aromatic carbocycles. The van der Waals surface area contributed by atoms with Crippen molar-refractivity contribution in [3.05, 3.63) is 23.4 Å². The highest BCUT2D eigenvalue weighted by molar-refractivity contribution is 6.29. The number of fused-ring (bicyclic) bond motifs is 1. The van der Waals surface area contributed by atoms with Crippen molar-refractivity contribution in [1.29, 1.82) is 0 Å². The van der Waals surface area contributed by atoms with Gasteiger partial charge in [-0.2, -0.15) is 0 Å². The molecule has 0 saturated heterocycles. The highest BCUT2D eigenvalue weighted by Crippen LogP contribution is 2.59. The molecular formula is C15H17ClN4. The van der Waals surface area contributed by atoms with Crippen LogP contribution in [-0.2, 0) is 0 Å². The van der Waals surface area contributed by atoms with Crippen LogP contribution < -0.4 is 0 Å². The standard InChI is InChI=1S/C15H17ClN4/c16-12-6-13-18-19-15(20(13)7-17-12)14-10-2-8-1-9(4-10)5-11(14)3-8/h6-11,14H,1-5H2. The summed E-state index contributed by atoms with van der Waals surface area (Å²) in [7, 11) is 0. The second-order valence-corrected chi connectivity index (χ2v) is 7.34. The Morgan fingerprint density at radius 2 is 1.70 bits per heavy atom. The molecule has 4 nitrogen and oxygen atoms in total. The first kappa shape index (κ1) is 11.5. The predicted octanol–water partition coefficient (Wildman–Crippen LogP) is 3.32. The average Bonchev–Trinajstić information content (AvgIpc) is 2.80. The highest BCUT2D eigenvalue weighted by Gasteiger charge is 2.50. The summed E-state index contributed by atoms with van der Waals surface area (Å²) in [6.45, 7) is 0. The molecule has 0 N–H and O–H groups in total. The Bertz CT molecular complexity index is 652. The molecule has 4 fully saturated rings.